The summed E-state index contributed by atoms with van der Waals surface area (Å²) in [4.78, 5) is 20.2. The van der Waals surface area contributed by atoms with Crippen LogP contribution >= 0.6 is 23.4 Å². The summed E-state index contributed by atoms with van der Waals surface area (Å²) in [5.41, 5.74) is 1.59. The second kappa shape index (κ2) is 8.24. The third kappa shape index (κ3) is 4.00. The molecule has 8 heteroatoms. The van der Waals surface area contributed by atoms with Gasteiger partial charge in [-0.15, -0.1) is 11.8 Å². The maximum atomic E-state index is 12.8. The summed E-state index contributed by atoms with van der Waals surface area (Å²) < 4.78 is 5.48. The Kier molecular flexibility index (Phi) is 5.54. The number of anilines is 1. The molecule has 144 valence electrons. The molecule has 0 bridgehead atoms. The maximum absolute atomic E-state index is 12.8. The van der Waals surface area contributed by atoms with Crippen LogP contribution in [0.25, 0.3) is 11.4 Å². The van der Waals surface area contributed by atoms with Crippen molar-refractivity contribution in [2.75, 3.05) is 18.1 Å². The van der Waals surface area contributed by atoms with Gasteiger partial charge in [-0.3, -0.25) is 0 Å². The number of urea groups is 1. The predicted octanol–water partition coefficient (Wildman–Crippen LogP) is 5.48. The number of aromatic nitrogens is 2. The number of nitrogens with one attached hydrogen (secondary N) is 1. The van der Waals surface area contributed by atoms with E-state index in [-0.39, 0.29) is 12.1 Å². The molecule has 2 aromatic carbocycles. The van der Waals surface area contributed by atoms with Gasteiger partial charge >= 0.3 is 6.03 Å². The highest BCUT2D eigenvalue weighted by molar-refractivity contribution is 7.98. The molecule has 0 aliphatic carbocycles. The molecule has 28 heavy (non-hydrogen) atoms. The van der Waals surface area contributed by atoms with Crippen molar-refractivity contribution in [1.29, 1.82) is 0 Å². The van der Waals surface area contributed by atoms with Gasteiger partial charge in [0.2, 0.25) is 11.7 Å². The van der Waals surface area contributed by atoms with Gasteiger partial charge in [0, 0.05) is 27.7 Å². The van der Waals surface area contributed by atoms with Crippen molar-refractivity contribution >= 4 is 35.1 Å². The van der Waals surface area contributed by atoms with E-state index in [2.05, 4.69) is 15.5 Å². The molecule has 1 aromatic heterocycles. The first kappa shape index (κ1) is 18.8. The molecular weight excluding hydrogens is 396 g/mol. The highest BCUT2D eigenvalue weighted by Crippen LogP contribution is 2.32. The van der Waals surface area contributed by atoms with E-state index in [1.165, 1.54) is 0 Å². The molecule has 0 saturated carbocycles. The monoisotopic (exact) mass is 414 g/mol. The smallest absolute Gasteiger partial charge is 0.322 e. The normalized spacial score (nSPS) is 16.4. The third-order valence-electron chi connectivity index (χ3n) is 4.68. The van der Waals surface area contributed by atoms with Crippen molar-refractivity contribution in [2.24, 2.45) is 0 Å². The molecule has 0 spiro atoms. The summed E-state index contributed by atoms with van der Waals surface area (Å²) in [5, 5.41) is 7.67. The Balaban J connectivity index is 1.48. The van der Waals surface area contributed by atoms with Crippen LogP contribution in [0.15, 0.2) is 57.9 Å². The summed E-state index contributed by atoms with van der Waals surface area (Å²) in [6, 6.07) is 14.6. The van der Waals surface area contributed by atoms with Crippen LogP contribution in [-0.4, -0.2) is 33.9 Å². The van der Waals surface area contributed by atoms with Gasteiger partial charge in [0.1, 0.15) is 6.04 Å². The molecule has 6 nitrogen and oxygen atoms in total. The van der Waals surface area contributed by atoms with Gasteiger partial charge in [-0.05, 0) is 67.6 Å². The standard InChI is InChI=1S/C20H19ClN4O2S/c1-28-16-10-8-15(9-11-16)22-20(26)25-12-2-3-17(25)19-23-18(24-27-19)13-4-6-14(21)7-5-13/h4-11,17H,2-3,12H2,1H3,(H,22,26). The summed E-state index contributed by atoms with van der Waals surface area (Å²) >= 11 is 7.59. The van der Waals surface area contributed by atoms with Crippen LogP contribution in [-0.2, 0) is 0 Å². The van der Waals surface area contributed by atoms with Crippen LogP contribution in [0.5, 0.6) is 0 Å². The molecule has 4 rings (SSSR count). The van der Waals surface area contributed by atoms with E-state index in [0.717, 1.165) is 29.0 Å². The fraction of sp³-hybridized carbons (Fsp3) is 0.250. The lowest BCUT2D eigenvalue weighted by atomic mass is 10.2. The molecule has 2 amide bonds. The number of hydrogen-bond donors (Lipinski definition) is 1. The van der Waals surface area contributed by atoms with E-state index in [4.69, 9.17) is 16.1 Å². The number of likely N-dealkylation sites (tertiary alicyclic amines) is 1. The third-order valence-corrected chi connectivity index (χ3v) is 5.68. The fourth-order valence-electron chi connectivity index (χ4n) is 3.22. The van der Waals surface area contributed by atoms with Crippen molar-refractivity contribution in [3.05, 3.63) is 59.4 Å². The van der Waals surface area contributed by atoms with Crippen molar-refractivity contribution in [3.8, 4) is 11.4 Å². The Morgan fingerprint density at radius 2 is 1.96 bits per heavy atom. The number of carbonyl (C=O) groups excluding carboxylic acids is 1. The van der Waals surface area contributed by atoms with Crippen LogP contribution < -0.4 is 5.32 Å². The van der Waals surface area contributed by atoms with Crippen molar-refractivity contribution in [3.63, 3.8) is 0 Å². The van der Waals surface area contributed by atoms with Gasteiger partial charge in [0.25, 0.3) is 0 Å². The maximum Gasteiger partial charge on any atom is 0.322 e. The molecule has 1 atom stereocenters. The molecule has 1 aliphatic rings. The SMILES string of the molecule is CSc1ccc(NC(=O)N2CCCC2c2nc(-c3ccc(Cl)cc3)no2)cc1. The number of carbonyl (C=O) groups is 1. The topological polar surface area (TPSA) is 71.3 Å². The Hall–Kier alpha value is -2.51. The van der Waals surface area contributed by atoms with E-state index >= 15 is 0 Å². The lowest BCUT2D eigenvalue weighted by Gasteiger charge is -2.22. The number of nitrogens with zero attached hydrogens (tertiary/aromatic N) is 3. The molecule has 3 aromatic rings. The van der Waals surface area contributed by atoms with Gasteiger partial charge in [-0.2, -0.15) is 4.98 Å². The summed E-state index contributed by atoms with van der Waals surface area (Å²) in [6.07, 6.45) is 3.70. The number of hydrogen-bond acceptors (Lipinski definition) is 5. The van der Waals surface area contributed by atoms with Gasteiger partial charge in [0.05, 0.1) is 0 Å². The van der Waals surface area contributed by atoms with Crippen LogP contribution in [0, 0.1) is 0 Å². The lowest BCUT2D eigenvalue weighted by Crippen LogP contribution is -2.34. The minimum atomic E-state index is -0.223. The molecule has 1 fully saturated rings. The number of benzene rings is 2. The second-order valence-electron chi connectivity index (χ2n) is 6.47. The van der Waals surface area contributed by atoms with Crippen LogP contribution in [0.2, 0.25) is 5.02 Å². The van der Waals surface area contributed by atoms with E-state index in [1.807, 2.05) is 42.7 Å². The predicted molar refractivity (Wildman–Crippen MR) is 111 cm³/mol. The average Bonchev–Trinajstić information content (AvgIpc) is 3.38. The van der Waals surface area contributed by atoms with Crippen molar-refractivity contribution < 1.29 is 9.32 Å². The Bertz CT molecular complexity index is 959. The van der Waals surface area contributed by atoms with E-state index < -0.39 is 0 Å². The van der Waals surface area contributed by atoms with Crippen LogP contribution in [0.4, 0.5) is 10.5 Å². The highest BCUT2D eigenvalue weighted by atomic mass is 35.5. The number of rotatable bonds is 4. The zero-order chi connectivity index (χ0) is 19.5. The summed E-state index contributed by atoms with van der Waals surface area (Å²) in [6.45, 7) is 0.651. The number of halogens is 1. The lowest BCUT2D eigenvalue weighted by molar-refractivity contribution is 0.193. The van der Waals surface area contributed by atoms with Gasteiger partial charge in [-0.1, -0.05) is 16.8 Å². The first-order valence-electron chi connectivity index (χ1n) is 8.95. The van der Waals surface area contributed by atoms with Crippen LogP contribution in [0.3, 0.4) is 0 Å². The zero-order valence-electron chi connectivity index (χ0n) is 15.3. The van der Waals surface area contributed by atoms with Crippen molar-refractivity contribution in [2.45, 2.75) is 23.8 Å². The molecule has 0 radical (unpaired) electrons. The second-order valence-corrected chi connectivity index (χ2v) is 7.79. The first-order chi connectivity index (χ1) is 13.6. The Morgan fingerprint density at radius 3 is 2.68 bits per heavy atom. The highest BCUT2D eigenvalue weighted by Gasteiger charge is 2.34. The fourth-order valence-corrected chi connectivity index (χ4v) is 3.76. The number of amides is 2. The average molecular weight is 415 g/mol. The Labute approximate surface area is 172 Å². The molecule has 1 N–H and O–H groups in total. The Morgan fingerprint density at radius 1 is 1.21 bits per heavy atom. The molecule has 1 saturated heterocycles. The van der Waals surface area contributed by atoms with Crippen LogP contribution in [0.1, 0.15) is 24.8 Å². The van der Waals surface area contributed by atoms with E-state index in [0.29, 0.717) is 23.3 Å². The molecular formula is C20H19ClN4O2S. The summed E-state index contributed by atoms with van der Waals surface area (Å²) in [7, 11) is 0. The van der Waals surface area contributed by atoms with Gasteiger partial charge < -0.3 is 14.7 Å². The van der Waals surface area contributed by atoms with Gasteiger partial charge in [-0.25, -0.2) is 4.79 Å². The summed E-state index contributed by atoms with van der Waals surface area (Å²) in [5.74, 6) is 0.946. The van der Waals surface area contributed by atoms with E-state index in [1.54, 1.807) is 28.8 Å². The minimum Gasteiger partial charge on any atom is -0.337 e. The first-order valence-corrected chi connectivity index (χ1v) is 10.6. The molecule has 1 unspecified atom stereocenters. The van der Waals surface area contributed by atoms with Gasteiger partial charge in [0.15, 0.2) is 0 Å². The zero-order valence-corrected chi connectivity index (χ0v) is 16.8. The molecule has 2 heterocycles. The quantitative estimate of drug-likeness (QED) is 0.572. The largest absolute Gasteiger partial charge is 0.337 e. The minimum absolute atomic E-state index is 0.161. The number of thioether (sulfide) groups is 1. The van der Waals surface area contributed by atoms with E-state index in [9.17, 15) is 4.79 Å². The molecule has 1 aliphatic heterocycles. The van der Waals surface area contributed by atoms with Crippen molar-refractivity contribution in [1.82, 2.24) is 15.0 Å².